The summed E-state index contributed by atoms with van der Waals surface area (Å²) in [6.45, 7) is 5.45. The van der Waals surface area contributed by atoms with E-state index in [9.17, 15) is 0 Å². The van der Waals surface area contributed by atoms with Crippen LogP contribution in [0.4, 0.5) is 0 Å². The minimum absolute atomic E-state index is 0.375. The summed E-state index contributed by atoms with van der Waals surface area (Å²) < 4.78 is 0. The van der Waals surface area contributed by atoms with Crippen molar-refractivity contribution in [3.05, 3.63) is 34.9 Å². The van der Waals surface area contributed by atoms with Gasteiger partial charge in [-0.3, -0.25) is 0 Å². The molecule has 0 heterocycles. The fourth-order valence-electron chi connectivity index (χ4n) is 1.68. The van der Waals surface area contributed by atoms with E-state index >= 15 is 0 Å². The molecule has 0 aromatic heterocycles. The minimum atomic E-state index is 0.375. The first-order valence-corrected chi connectivity index (χ1v) is 7.88. The SMILES string of the molecule is CCCNC(CSCCC)c1ccccc1Cl. The van der Waals surface area contributed by atoms with Crippen LogP contribution in [-0.4, -0.2) is 18.1 Å². The topological polar surface area (TPSA) is 12.0 Å². The quantitative estimate of drug-likeness (QED) is 0.698. The maximum absolute atomic E-state index is 6.26. The van der Waals surface area contributed by atoms with E-state index in [1.165, 1.54) is 17.7 Å². The van der Waals surface area contributed by atoms with E-state index in [2.05, 4.69) is 31.3 Å². The molecule has 1 aromatic carbocycles. The monoisotopic (exact) mass is 271 g/mol. The zero-order valence-electron chi connectivity index (χ0n) is 10.7. The zero-order chi connectivity index (χ0) is 12.5. The molecule has 0 spiro atoms. The first-order valence-electron chi connectivity index (χ1n) is 6.35. The van der Waals surface area contributed by atoms with Gasteiger partial charge in [-0.15, -0.1) is 0 Å². The summed E-state index contributed by atoms with van der Waals surface area (Å²) in [5.74, 6) is 2.31. The Bertz CT molecular complexity index is 317. The van der Waals surface area contributed by atoms with E-state index in [-0.39, 0.29) is 0 Å². The van der Waals surface area contributed by atoms with Crippen molar-refractivity contribution in [1.82, 2.24) is 5.32 Å². The predicted octanol–water partition coefficient (Wildman–Crippen LogP) is 4.52. The number of halogens is 1. The lowest BCUT2D eigenvalue weighted by Crippen LogP contribution is -2.24. The summed E-state index contributed by atoms with van der Waals surface area (Å²) in [7, 11) is 0. The standard InChI is InChI=1S/C14H22ClNS/c1-3-9-16-14(11-17-10-4-2)12-7-5-6-8-13(12)15/h5-8,14,16H,3-4,9-11H2,1-2H3. The van der Waals surface area contributed by atoms with Crippen LogP contribution in [-0.2, 0) is 0 Å². The van der Waals surface area contributed by atoms with E-state index in [4.69, 9.17) is 11.6 Å². The second-order valence-electron chi connectivity index (χ2n) is 4.10. The van der Waals surface area contributed by atoms with Crippen molar-refractivity contribution in [2.75, 3.05) is 18.1 Å². The van der Waals surface area contributed by atoms with Gasteiger partial charge in [-0.1, -0.05) is 43.6 Å². The van der Waals surface area contributed by atoms with Gasteiger partial charge in [0.1, 0.15) is 0 Å². The summed E-state index contributed by atoms with van der Waals surface area (Å²) in [5.41, 5.74) is 1.23. The molecule has 0 saturated carbocycles. The van der Waals surface area contributed by atoms with Crippen molar-refractivity contribution in [3.8, 4) is 0 Å². The van der Waals surface area contributed by atoms with Gasteiger partial charge in [-0.2, -0.15) is 11.8 Å². The lowest BCUT2D eigenvalue weighted by Gasteiger charge is -2.19. The third-order valence-electron chi connectivity index (χ3n) is 2.55. The van der Waals surface area contributed by atoms with Crippen LogP contribution in [0.1, 0.15) is 38.3 Å². The molecule has 0 aliphatic heterocycles. The van der Waals surface area contributed by atoms with Gasteiger partial charge in [0.15, 0.2) is 0 Å². The molecule has 0 aliphatic rings. The van der Waals surface area contributed by atoms with Crippen molar-refractivity contribution in [2.24, 2.45) is 0 Å². The molecule has 0 fully saturated rings. The molecule has 0 amide bonds. The largest absolute Gasteiger partial charge is 0.309 e. The molecular formula is C14H22ClNS. The van der Waals surface area contributed by atoms with Crippen molar-refractivity contribution >= 4 is 23.4 Å². The Morgan fingerprint density at radius 1 is 1.24 bits per heavy atom. The molecule has 1 N–H and O–H groups in total. The van der Waals surface area contributed by atoms with Crippen molar-refractivity contribution in [1.29, 1.82) is 0 Å². The normalized spacial score (nSPS) is 12.6. The molecule has 0 aliphatic carbocycles. The molecule has 1 rings (SSSR count). The molecule has 1 nitrogen and oxygen atoms in total. The maximum Gasteiger partial charge on any atom is 0.0454 e. The first kappa shape index (κ1) is 14.9. The fourth-order valence-corrected chi connectivity index (χ4v) is 2.94. The molecule has 0 radical (unpaired) electrons. The molecule has 3 heteroatoms. The Labute approximate surface area is 114 Å². The van der Waals surface area contributed by atoms with Crippen LogP contribution in [0.5, 0.6) is 0 Å². The highest BCUT2D eigenvalue weighted by molar-refractivity contribution is 7.99. The number of benzene rings is 1. The summed E-state index contributed by atoms with van der Waals surface area (Å²) >= 11 is 8.26. The van der Waals surface area contributed by atoms with Gasteiger partial charge in [0, 0.05) is 16.8 Å². The summed E-state index contributed by atoms with van der Waals surface area (Å²) in [5, 5.41) is 4.45. The van der Waals surface area contributed by atoms with Crippen LogP contribution in [0.3, 0.4) is 0 Å². The molecule has 96 valence electrons. The van der Waals surface area contributed by atoms with Crippen LogP contribution >= 0.6 is 23.4 Å². The van der Waals surface area contributed by atoms with Gasteiger partial charge in [-0.25, -0.2) is 0 Å². The summed E-state index contributed by atoms with van der Waals surface area (Å²) in [6.07, 6.45) is 2.38. The second kappa shape index (κ2) is 8.84. The van der Waals surface area contributed by atoms with Crippen LogP contribution in [0.25, 0.3) is 0 Å². The van der Waals surface area contributed by atoms with E-state index in [0.717, 1.165) is 23.7 Å². The number of hydrogen-bond donors (Lipinski definition) is 1. The number of hydrogen-bond acceptors (Lipinski definition) is 2. The van der Waals surface area contributed by atoms with E-state index in [0.29, 0.717) is 6.04 Å². The first-order chi connectivity index (χ1) is 8.29. The lowest BCUT2D eigenvalue weighted by atomic mass is 10.1. The highest BCUT2D eigenvalue weighted by Crippen LogP contribution is 2.25. The van der Waals surface area contributed by atoms with Crippen molar-refractivity contribution < 1.29 is 0 Å². The van der Waals surface area contributed by atoms with E-state index in [1.54, 1.807) is 0 Å². The van der Waals surface area contributed by atoms with Gasteiger partial charge in [-0.05, 0) is 36.8 Å². The highest BCUT2D eigenvalue weighted by Gasteiger charge is 2.13. The maximum atomic E-state index is 6.26. The van der Waals surface area contributed by atoms with Crippen molar-refractivity contribution in [3.63, 3.8) is 0 Å². The Morgan fingerprint density at radius 2 is 2.00 bits per heavy atom. The minimum Gasteiger partial charge on any atom is -0.309 e. The highest BCUT2D eigenvalue weighted by atomic mass is 35.5. The van der Waals surface area contributed by atoms with Gasteiger partial charge in [0.25, 0.3) is 0 Å². The zero-order valence-corrected chi connectivity index (χ0v) is 12.3. The average Bonchev–Trinajstić information content (AvgIpc) is 2.35. The number of thioether (sulfide) groups is 1. The number of rotatable bonds is 8. The van der Waals surface area contributed by atoms with Crippen molar-refractivity contribution in [2.45, 2.75) is 32.7 Å². The fraction of sp³-hybridized carbons (Fsp3) is 0.571. The van der Waals surface area contributed by atoms with Crippen LogP contribution in [0.2, 0.25) is 5.02 Å². The third-order valence-corrected chi connectivity index (χ3v) is 4.16. The Morgan fingerprint density at radius 3 is 2.65 bits per heavy atom. The van der Waals surface area contributed by atoms with Crippen LogP contribution in [0, 0.1) is 0 Å². The molecule has 17 heavy (non-hydrogen) atoms. The van der Waals surface area contributed by atoms with Gasteiger partial charge >= 0.3 is 0 Å². The molecule has 1 unspecified atom stereocenters. The van der Waals surface area contributed by atoms with E-state index < -0.39 is 0 Å². The molecule has 1 aromatic rings. The Hall–Kier alpha value is -0.180. The Balaban J connectivity index is 2.64. The second-order valence-corrected chi connectivity index (χ2v) is 5.66. The van der Waals surface area contributed by atoms with Gasteiger partial charge in [0.05, 0.1) is 0 Å². The Kier molecular flexibility index (Phi) is 7.74. The smallest absolute Gasteiger partial charge is 0.0454 e. The molecular weight excluding hydrogens is 250 g/mol. The average molecular weight is 272 g/mol. The lowest BCUT2D eigenvalue weighted by molar-refractivity contribution is 0.577. The van der Waals surface area contributed by atoms with Crippen LogP contribution < -0.4 is 5.32 Å². The summed E-state index contributed by atoms with van der Waals surface area (Å²) in [6, 6.07) is 8.53. The van der Waals surface area contributed by atoms with Gasteiger partial charge in [0.2, 0.25) is 0 Å². The molecule has 1 atom stereocenters. The molecule has 0 saturated heterocycles. The molecule has 0 bridgehead atoms. The van der Waals surface area contributed by atoms with Gasteiger partial charge < -0.3 is 5.32 Å². The third kappa shape index (κ3) is 5.33. The summed E-state index contributed by atoms with van der Waals surface area (Å²) in [4.78, 5) is 0. The number of nitrogens with one attached hydrogen (secondary N) is 1. The van der Waals surface area contributed by atoms with Crippen LogP contribution in [0.15, 0.2) is 24.3 Å². The predicted molar refractivity (Wildman–Crippen MR) is 80.1 cm³/mol. The van der Waals surface area contributed by atoms with E-state index in [1.807, 2.05) is 23.9 Å².